The minimum Gasteiger partial charge on any atom is -0.490 e. The van der Waals surface area contributed by atoms with E-state index in [1.54, 1.807) is 0 Å². The average Bonchev–Trinajstić information content (AvgIpc) is 2.55. The van der Waals surface area contributed by atoms with Gasteiger partial charge in [-0.2, -0.15) is 4.39 Å². The summed E-state index contributed by atoms with van der Waals surface area (Å²) in [4.78, 5) is 26.3. The molecule has 0 amide bonds. The number of ether oxygens (including phenoxy) is 2. The van der Waals surface area contributed by atoms with Gasteiger partial charge in [-0.05, 0) is 30.7 Å². The van der Waals surface area contributed by atoms with Gasteiger partial charge in [-0.15, -0.1) is 0 Å². The molecular formula is C17H16FNO6. The summed E-state index contributed by atoms with van der Waals surface area (Å²) in [6.07, 6.45) is 1.17. The minimum atomic E-state index is -1.37. The highest BCUT2D eigenvalue weighted by Crippen LogP contribution is 2.31. The Morgan fingerprint density at radius 1 is 1.08 bits per heavy atom. The molecule has 0 saturated heterocycles. The number of aromatic nitrogens is 1. The minimum absolute atomic E-state index is 0.0252. The van der Waals surface area contributed by atoms with Crippen LogP contribution in [0.5, 0.6) is 5.75 Å². The molecule has 7 nitrogen and oxygen atoms in total. The van der Waals surface area contributed by atoms with Gasteiger partial charge in [0.25, 0.3) is 0 Å². The van der Waals surface area contributed by atoms with Gasteiger partial charge >= 0.3 is 11.9 Å². The lowest BCUT2D eigenvalue weighted by Crippen LogP contribution is -2.08. The Bertz CT molecular complexity index is 821. The van der Waals surface area contributed by atoms with Crippen molar-refractivity contribution in [1.29, 1.82) is 0 Å². The van der Waals surface area contributed by atoms with E-state index in [0.29, 0.717) is 12.2 Å². The lowest BCUT2D eigenvalue weighted by atomic mass is 9.94. The Kier molecular flexibility index (Phi) is 5.66. The smallest absolute Gasteiger partial charge is 0.336 e. The second-order valence-electron chi connectivity index (χ2n) is 5.17. The molecule has 0 bridgehead atoms. The van der Waals surface area contributed by atoms with Crippen LogP contribution in [0.25, 0.3) is 11.1 Å². The van der Waals surface area contributed by atoms with Gasteiger partial charge in [-0.25, -0.2) is 14.6 Å². The Morgan fingerprint density at radius 2 is 1.76 bits per heavy atom. The molecule has 25 heavy (non-hydrogen) atoms. The molecule has 8 heteroatoms. The summed E-state index contributed by atoms with van der Waals surface area (Å²) in [7, 11) is 1.50. The van der Waals surface area contributed by atoms with Crippen molar-refractivity contribution in [2.45, 2.75) is 6.92 Å². The number of hydrogen-bond donors (Lipinski definition) is 2. The first kappa shape index (κ1) is 18.3. The number of aryl methyl sites for hydroxylation is 1. The highest BCUT2D eigenvalue weighted by molar-refractivity contribution is 6.00. The van der Waals surface area contributed by atoms with Crippen molar-refractivity contribution in [3.63, 3.8) is 0 Å². The SMILES string of the molecule is COCCOc1cnc(F)c(-c2cc(C)c(C(=O)O)cc2C(=O)O)c1. The van der Waals surface area contributed by atoms with Gasteiger partial charge in [-0.3, -0.25) is 0 Å². The van der Waals surface area contributed by atoms with Crippen molar-refractivity contribution in [3.8, 4) is 16.9 Å². The molecule has 0 aliphatic rings. The van der Waals surface area contributed by atoms with E-state index in [9.17, 15) is 19.1 Å². The number of carboxylic acid groups (broad SMARTS) is 2. The molecule has 1 aromatic heterocycles. The van der Waals surface area contributed by atoms with Crippen LogP contribution in [0.1, 0.15) is 26.3 Å². The van der Waals surface area contributed by atoms with E-state index >= 15 is 0 Å². The highest BCUT2D eigenvalue weighted by Gasteiger charge is 2.21. The predicted octanol–water partition coefficient (Wildman–Crippen LogP) is 2.62. The number of methoxy groups -OCH3 is 1. The van der Waals surface area contributed by atoms with Crippen molar-refractivity contribution in [2.24, 2.45) is 0 Å². The van der Waals surface area contributed by atoms with Crippen molar-refractivity contribution < 1.29 is 33.7 Å². The normalized spacial score (nSPS) is 10.5. The van der Waals surface area contributed by atoms with Crippen LogP contribution in [0, 0.1) is 12.9 Å². The van der Waals surface area contributed by atoms with Crippen LogP contribution in [0.3, 0.4) is 0 Å². The third kappa shape index (κ3) is 4.10. The van der Waals surface area contributed by atoms with Crippen molar-refractivity contribution in [2.75, 3.05) is 20.3 Å². The van der Waals surface area contributed by atoms with Gasteiger partial charge in [0.05, 0.1) is 23.9 Å². The van der Waals surface area contributed by atoms with Crippen LogP contribution in [-0.4, -0.2) is 47.5 Å². The number of hydrogen-bond acceptors (Lipinski definition) is 5. The predicted molar refractivity (Wildman–Crippen MR) is 85.7 cm³/mol. The van der Waals surface area contributed by atoms with Gasteiger partial charge in [0.2, 0.25) is 5.95 Å². The molecule has 0 fully saturated rings. The molecule has 1 aromatic carbocycles. The molecule has 2 rings (SSSR count). The zero-order valence-electron chi connectivity index (χ0n) is 13.6. The van der Waals surface area contributed by atoms with Crippen molar-refractivity contribution in [1.82, 2.24) is 4.98 Å². The molecule has 132 valence electrons. The van der Waals surface area contributed by atoms with Crippen LogP contribution < -0.4 is 4.74 Å². The van der Waals surface area contributed by atoms with Gasteiger partial charge < -0.3 is 19.7 Å². The Morgan fingerprint density at radius 3 is 2.36 bits per heavy atom. The molecule has 2 N–H and O–H groups in total. The van der Waals surface area contributed by atoms with Gasteiger partial charge in [-0.1, -0.05) is 0 Å². The van der Waals surface area contributed by atoms with Crippen LogP contribution >= 0.6 is 0 Å². The van der Waals surface area contributed by atoms with E-state index in [0.717, 1.165) is 6.07 Å². The summed E-state index contributed by atoms with van der Waals surface area (Å²) >= 11 is 0. The number of halogens is 1. The first-order valence-electron chi connectivity index (χ1n) is 7.24. The number of pyridine rings is 1. The van der Waals surface area contributed by atoms with E-state index in [1.807, 2.05) is 0 Å². The Hall–Kier alpha value is -3.00. The first-order chi connectivity index (χ1) is 11.8. The van der Waals surface area contributed by atoms with Crippen LogP contribution in [-0.2, 0) is 4.74 Å². The monoisotopic (exact) mass is 349 g/mol. The van der Waals surface area contributed by atoms with Gasteiger partial charge in [0, 0.05) is 18.2 Å². The average molecular weight is 349 g/mol. The summed E-state index contributed by atoms with van der Waals surface area (Å²) in [5, 5.41) is 18.5. The molecule has 0 atom stereocenters. The number of benzene rings is 1. The molecule has 0 aliphatic heterocycles. The summed E-state index contributed by atoms with van der Waals surface area (Å²) in [5.74, 6) is -3.28. The van der Waals surface area contributed by atoms with Gasteiger partial charge in [0.15, 0.2) is 0 Å². The molecule has 0 spiro atoms. The standard InChI is InChI=1S/C17H16FNO6/c1-9-5-12(14(17(22)23)7-11(9)16(20)21)13-6-10(8-19-15(13)18)25-4-3-24-2/h5-8H,3-4H2,1-2H3,(H,20,21)(H,22,23). The number of rotatable bonds is 7. The van der Waals surface area contributed by atoms with E-state index in [1.165, 1.54) is 32.4 Å². The fourth-order valence-corrected chi connectivity index (χ4v) is 2.28. The largest absolute Gasteiger partial charge is 0.490 e. The van der Waals surface area contributed by atoms with Crippen molar-refractivity contribution >= 4 is 11.9 Å². The summed E-state index contributed by atoms with van der Waals surface area (Å²) in [6, 6.07) is 3.64. The number of nitrogens with zero attached hydrogens (tertiary/aromatic N) is 1. The number of carboxylic acids is 2. The van der Waals surface area contributed by atoms with Gasteiger partial charge in [0.1, 0.15) is 12.4 Å². The maximum Gasteiger partial charge on any atom is 0.336 e. The topological polar surface area (TPSA) is 106 Å². The maximum absolute atomic E-state index is 14.2. The van der Waals surface area contributed by atoms with Crippen LogP contribution in [0.2, 0.25) is 0 Å². The third-order valence-electron chi connectivity index (χ3n) is 3.49. The zero-order chi connectivity index (χ0) is 18.6. The Labute approximate surface area is 142 Å². The lowest BCUT2D eigenvalue weighted by Gasteiger charge is -2.12. The van der Waals surface area contributed by atoms with E-state index in [4.69, 9.17) is 14.6 Å². The second kappa shape index (κ2) is 7.71. The maximum atomic E-state index is 14.2. The summed E-state index contributed by atoms with van der Waals surface area (Å²) < 4.78 is 24.4. The third-order valence-corrected chi connectivity index (χ3v) is 3.49. The van der Waals surface area contributed by atoms with Crippen LogP contribution in [0.4, 0.5) is 4.39 Å². The summed E-state index contributed by atoms with van der Waals surface area (Å²) in [6.45, 7) is 2.04. The quantitative estimate of drug-likeness (QED) is 0.584. The molecule has 0 unspecified atom stereocenters. The number of aromatic carboxylic acids is 2. The second-order valence-corrected chi connectivity index (χ2v) is 5.17. The lowest BCUT2D eigenvalue weighted by molar-refractivity contribution is 0.0695. The van der Waals surface area contributed by atoms with Crippen molar-refractivity contribution in [3.05, 3.63) is 47.0 Å². The molecule has 0 saturated carbocycles. The molecular weight excluding hydrogens is 333 g/mol. The van der Waals surface area contributed by atoms with E-state index < -0.39 is 17.9 Å². The molecule has 2 aromatic rings. The molecule has 1 heterocycles. The Balaban J connectivity index is 2.56. The van der Waals surface area contributed by atoms with Crippen LogP contribution in [0.15, 0.2) is 24.4 Å². The first-order valence-corrected chi connectivity index (χ1v) is 7.24. The number of carbonyl (C=O) groups is 2. The molecule has 0 radical (unpaired) electrons. The highest BCUT2D eigenvalue weighted by atomic mass is 19.1. The molecule has 0 aliphatic carbocycles. The fraction of sp³-hybridized carbons (Fsp3) is 0.235. The fourth-order valence-electron chi connectivity index (χ4n) is 2.28. The van der Waals surface area contributed by atoms with E-state index in [-0.39, 0.29) is 34.6 Å². The zero-order valence-corrected chi connectivity index (χ0v) is 13.6. The van der Waals surface area contributed by atoms with E-state index in [2.05, 4.69) is 4.98 Å². The summed E-state index contributed by atoms with van der Waals surface area (Å²) in [5.41, 5.74) is -0.262.